The normalized spacial score (nSPS) is 12.4. The van der Waals surface area contributed by atoms with Gasteiger partial charge in [-0.2, -0.15) is 30.6 Å². The van der Waals surface area contributed by atoms with E-state index in [4.69, 9.17) is 9.72 Å². The van der Waals surface area contributed by atoms with Crippen molar-refractivity contribution < 1.29 is 25.8 Å². The third-order valence-electron chi connectivity index (χ3n) is 7.69. The number of nitrogens with zero attached hydrogens (tertiary/aromatic N) is 7. The summed E-state index contributed by atoms with van der Waals surface area (Å²) in [5, 5.41) is 2.17. The van der Waals surface area contributed by atoms with Gasteiger partial charge in [-0.3, -0.25) is 4.98 Å². The first-order chi connectivity index (χ1) is 21.1. The molecule has 9 heteroatoms. The minimum Gasteiger partial charge on any atom is -0.504 e. The Morgan fingerprint density at radius 1 is 0.818 bits per heavy atom. The summed E-state index contributed by atoms with van der Waals surface area (Å²) >= 11 is 0. The van der Waals surface area contributed by atoms with Gasteiger partial charge in [0.15, 0.2) is 0 Å². The molecule has 0 atom stereocenters. The number of rotatable bonds is 5. The zero-order valence-corrected chi connectivity index (χ0v) is 26.0. The monoisotopic (exact) mass is 753 g/mol. The van der Waals surface area contributed by atoms with Crippen molar-refractivity contribution in [2.45, 2.75) is 6.92 Å². The second-order valence-electron chi connectivity index (χ2n) is 10.4. The quantitative estimate of drug-likeness (QED) is 0.169. The van der Waals surface area contributed by atoms with E-state index in [9.17, 15) is 0 Å². The van der Waals surface area contributed by atoms with Gasteiger partial charge in [-0.05, 0) is 55.4 Å². The maximum absolute atomic E-state index is 6.27. The van der Waals surface area contributed by atoms with Crippen LogP contribution in [0.15, 0.2) is 104 Å². The molecule has 5 heterocycles. The van der Waals surface area contributed by atoms with Crippen molar-refractivity contribution in [3.63, 3.8) is 0 Å². The molecule has 8 nitrogen and oxygen atoms in total. The first-order valence-corrected chi connectivity index (χ1v) is 13.8. The summed E-state index contributed by atoms with van der Waals surface area (Å²) in [5.74, 6) is 1.69. The number of fused-ring (bicyclic) bond motifs is 4. The predicted molar refractivity (Wildman–Crippen MR) is 168 cm³/mol. The molecule has 0 unspecified atom stereocenters. The fourth-order valence-electron chi connectivity index (χ4n) is 5.69. The molecule has 0 N–H and O–H groups in total. The van der Waals surface area contributed by atoms with E-state index in [-0.39, 0.29) is 21.1 Å². The molecule has 44 heavy (non-hydrogen) atoms. The van der Waals surface area contributed by atoms with Crippen molar-refractivity contribution >= 4 is 38.9 Å². The maximum Gasteiger partial charge on any atom is 0.135 e. The van der Waals surface area contributed by atoms with Gasteiger partial charge in [0.1, 0.15) is 18.0 Å². The molecule has 0 fully saturated rings. The van der Waals surface area contributed by atoms with Gasteiger partial charge in [0.2, 0.25) is 0 Å². The smallest absolute Gasteiger partial charge is 0.135 e. The molecule has 218 valence electrons. The zero-order valence-electron chi connectivity index (χ0n) is 23.7. The number of ether oxygens (including phenoxy) is 1. The van der Waals surface area contributed by atoms with Crippen LogP contribution in [0.5, 0.6) is 11.6 Å². The van der Waals surface area contributed by atoms with Gasteiger partial charge in [-0.1, -0.05) is 35.8 Å². The average molecular weight is 754 g/mol. The van der Waals surface area contributed by atoms with Gasteiger partial charge in [-0.25, -0.2) is 15.0 Å². The number of hydrogen-bond acceptors (Lipinski definition) is 7. The topological polar surface area (TPSA) is 72.2 Å². The Kier molecular flexibility index (Phi) is 7.07. The minimum absolute atomic E-state index is 0. The number of anilines is 3. The minimum atomic E-state index is 0. The summed E-state index contributed by atoms with van der Waals surface area (Å²) in [4.78, 5) is 21.8. The fraction of sp³-hybridized carbons (Fsp3) is 0.0571. The van der Waals surface area contributed by atoms with Crippen LogP contribution in [0, 0.1) is 25.7 Å². The van der Waals surface area contributed by atoms with Crippen molar-refractivity contribution in [2.24, 2.45) is 0 Å². The molecular formula is C35H24N7OPt-3. The maximum atomic E-state index is 6.27. The Labute approximate surface area is 268 Å². The van der Waals surface area contributed by atoms with Gasteiger partial charge >= 0.3 is 0 Å². The van der Waals surface area contributed by atoms with Crippen molar-refractivity contribution in [2.75, 3.05) is 16.8 Å². The number of pyridine rings is 2. The number of aromatic nitrogens is 5. The van der Waals surface area contributed by atoms with Crippen LogP contribution >= 0.6 is 0 Å². The first kappa shape index (κ1) is 27.7. The summed E-state index contributed by atoms with van der Waals surface area (Å²) in [7, 11) is 2.03. The summed E-state index contributed by atoms with van der Waals surface area (Å²) in [6, 6.07) is 31.3. The van der Waals surface area contributed by atoms with Gasteiger partial charge in [0.25, 0.3) is 0 Å². The molecule has 8 rings (SSSR count). The van der Waals surface area contributed by atoms with Gasteiger partial charge in [-0.15, -0.1) is 17.5 Å². The SMILES string of the molecule is Cc1cc(-n2c3[c-]c(Oc4[c-]c(N5[CH-]N(C)c6ccccc65)ccn4)ccc3c3ccccc32)ncc1-c1cncnc1.[Pt]. The molecule has 0 bridgehead atoms. The van der Waals surface area contributed by atoms with Crippen molar-refractivity contribution in [3.05, 3.63) is 128 Å². The number of hydrogen-bond donors (Lipinski definition) is 0. The van der Waals surface area contributed by atoms with Crippen molar-refractivity contribution in [1.29, 1.82) is 0 Å². The van der Waals surface area contributed by atoms with E-state index in [1.807, 2.05) is 56.3 Å². The molecule has 0 saturated heterocycles. The Hall–Kier alpha value is -5.07. The summed E-state index contributed by atoms with van der Waals surface area (Å²) in [5.41, 5.74) is 7.91. The Balaban J connectivity index is 0.00000312. The largest absolute Gasteiger partial charge is 0.504 e. The first-order valence-electron chi connectivity index (χ1n) is 13.8. The molecule has 0 aliphatic carbocycles. The van der Waals surface area contributed by atoms with Crippen LogP contribution in [0.3, 0.4) is 0 Å². The van der Waals surface area contributed by atoms with E-state index in [0.717, 1.165) is 61.4 Å². The van der Waals surface area contributed by atoms with Crippen LogP contribution < -0.4 is 14.5 Å². The second kappa shape index (κ2) is 11.2. The van der Waals surface area contributed by atoms with Gasteiger partial charge in [0.05, 0.1) is 0 Å². The third kappa shape index (κ3) is 4.68. The molecule has 3 aromatic carbocycles. The van der Waals surface area contributed by atoms with Crippen LogP contribution in [-0.4, -0.2) is 31.6 Å². The van der Waals surface area contributed by atoms with Gasteiger partial charge in [0, 0.05) is 73.4 Å². The van der Waals surface area contributed by atoms with E-state index < -0.39 is 0 Å². The van der Waals surface area contributed by atoms with E-state index >= 15 is 0 Å². The Morgan fingerprint density at radius 2 is 1.61 bits per heavy atom. The number of para-hydroxylation sites is 3. The van der Waals surface area contributed by atoms with E-state index in [1.54, 1.807) is 18.6 Å². The van der Waals surface area contributed by atoms with Crippen LogP contribution in [0.25, 0.3) is 38.8 Å². The predicted octanol–water partition coefficient (Wildman–Crippen LogP) is 7.44. The van der Waals surface area contributed by atoms with Crippen molar-refractivity contribution in [3.8, 4) is 28.6 Å². The molecule has 0 amide bonds. The molecule has 4 aromatic heterocycles. The zero-order chi connectivity index (χ0) is 28.9. The van der Waals surface area contributed by atoms with Crippen molar-refractivity contribution in [1.82, 2.24) is 24.5 Å². The average Bonchev–Trinajstić information content (AvgIpc) is 3.56. The Morgan fingerprint density at radius 3 is 2.45 bits per heavy atom. The number of aryl methyl sites for hydroxylation is 1. The molecule has 0 saturated carbocycles. The van der Waals surface area contributed by atoms with Gasteiger partial charge < -0.3 is 19.1 Å². The van der Waals surface area contributed by atoms with E-state index in [2.05, 4.69) is 84.8 Å². The fourth-order valence-corrected chi connectivity index (χ4v) is 5.69. The standard InChI is InChI=1S/C35H24N7O.Pt/c1-23-15-34(39-20-29(23)24-18-36-21-37-19-24)42-30-8-4-3-7-27(30)28-12-11-26(17-33(28)42)43-35-16-25(13-14-38-35)41-22-40(2)31-9-5-6-10-32(31)41;/h3-15,18-22H,1-2H3;/q-3;. The Bertz CT molecular complexity index is 2150. The summed E-state index contributed by atoms with van der Waals surface area (Å²) in [6.45, 7) is 4.10. The van der Waals surface area contributed by atoms with Crippen LogP contribution in [-0.2, 0) is 21.1 Å². The third-order valence-corrected chi connectivity index (χ3v) is 7.69. The molecule has 1 aliphatic rings. The van der Waals surface area contributed by atoms with E-state index in [0.29, 0.717) is 11.6 Å². The summed E-state index contributed by atoms with van der Waals surface area (Å²) in [6.07, 6.45) is 8.73. The summed E-state index contributed by atoms with van der Waals surface area (Å²) < 4.78 is 8.39. The van der Waals surface area contributed by atoms with E-state index in [1.165, 1.54) is 6.33 Å². The second-order valence-corrected chi connectivity index (χ2v) is 10.4. The number of benzene rings is 3. The molecule has 7 aromatic rings. The molecular weight excluding hydrogens is 730 g/mol. The molecule has 0 spiro atoms. The van der Waals surface area contributed by atoms with Crippen LogP contribution in [0.4, 0.5) is 17.1 Å². The molecule has 0 radical (unpaired) electrons. The van der Waals surface area contributed by atoms with Crippen LogP contribution in [0.1, 0.15) is 5.56 Å². The molecule has 1 aliphatic heterocycles. The van der Waals surface area contributed by atoms with Crippen LogP contribution in [0.2, 0.25) is 0 Å².